The van der Waals surface area contributed by atoms with Crippen molar-refractivity contribution in [2.45, 2.75) is 66.7 Å². The van der Waals surface area contributed by atoms with Crippen LogP contribution in [0.1, 0.15) is 62.9 Å². The van der Waals surface area contributed by atoms with Crippen LogP contribution in [-0.4, -0.2) is 39.7 Å². The van der Waals surface area contributed by atoms with Gasteiger partial charge in [0.25, 0.3) is 0 Å². The Balaban J connectivity index is 1.82. The molecule has 3 aromatic rings. The Hall–Kier alpha value is -3.61. The Bertz CT molecular complexity index is 1220. The molecule has 0 saturated heterocycles. The lowest BCUT2D eigenvalue weighted by Crippen LogP contribution is -2.41. The Kier molecular flexibility index (Phi) is 8.56. The minimum Gasteiger partial charge on any atom is -0.315 e. The van der Waals surface area contributed by atoms with Crippen LogP contribution in [0.15, 0.2) is 48.5 Å². The van der Waals surface area contributed by atoms with E-state index in [9.17, 15) is 9.59 Å². The summed E-state index contributed by atoms with van der Waals surface area (Å²) in [7, 11) is 0. The Morgan fingerprint density at radius 3 is 2.33 bits per heavy atom. The van der Waals surface area contributed by atoms with Crippen LogP contribution in [0.25, 0.3) is 5.69 Å². The van der Waals surface area contributed by atoms with Gasteiger partial charge in [0.15, 0.2) is 0 Å². The highest BCUT2D eigenvalue weighted by atomic mass is 16.2. The minimum absolute atomic E-state index is 0.0550. The average molecular weight is 490 g/mol. The van der Waals surface area contributed by atoms with Crippen LogP contribution >= 0.6 is 0 Å². The molecule has 7 heteroatoms. The zero-order chi connectivity index (χ0) is 26.5. The topological polar surface area (TPSA) is 79.3 Å². The van der Waals surface area contributed by atoms with Crippen LogP contribution in [0.3, 0.4) is 0 Å². The molecule has 2 N–H and O–H groups in total. The molecule has 0 saturated carbocycles. The lowest BCUT2D eigenvalue weighted by molar-refractivity contribution is -0.116. The summed E-state index contributed by atoms with van der Waals surface area (Å²) in [6.45, 7) is 14.8. The molecule has 1 heterocycles. The summed E-state index contributed by atoms with van der Waals surface area (Å²) in [5.41, 5.74) is 5.50. The summed E-state index contributed by atoms with van der Waals surface area (Å²) < 4.78 is 1.78. The van der Waals surface area contributed by atoms with Gasteiger partial charge in [0.1, 0.15) is 12.4 Å². The summed E-state index contributed by atoms with van der Waals surface area (Å²) >= 11 is 0. The van der Waals surface area contributed by atoms with Crippen molar-refractivity contribution >= 4 is 23.4 Å². The number of urea groups is 1. The maximum Gasteiger partial charge on any atom is 0.322 e. The predicted molar refractivity (Wildman–Crippen MR) is 147 cm³/mol. The zero-order valence-corrected chi connectivity index (χ0v) is 22.6. The van der Waals surface area contributed by atoms with E-state index in [4.69, 9.17) is 5.10 Å². The second kappa shape index (κ2) is 11.4. The van der Waals surface area contributed by atoms with Crippen LogP contribution in [0.4, 0.5) is 16.3 Å². The average Bonchev–Trinajstić information content (AvgIpc) is 3.22. The third kappa shape index (κ3) is 6.74. The van der Waals surface area contributed by atoms with E-state index in [0.717, 1.165) is 46.6 Å². The number of aryl methyl sites for hydroxylation is 3. The quantitative estimate of drug-likeness (QED) is 0.386. The van der Waals surface area contributed by atoms with Gasteiger partial charge in [-0.1, -0.05) is 70.0 Å². The van der Waals surface area contributed by atoms with Crippen molar-refractivity contribution in [2.75, 3.05) is 23.7 Å². The number of para-hydroxylation sites is 1. The first-order valence-electron chi connectivity index (χ1n) is 12.6. The molecule has 36 heavy (non-hydrogen) atoms. The van der Waals surface area contributed by atoms with Gasteiger partial charge < -0.3 is 15.5 Å². The van der Waals surface area contributed by atoms with Crippen LogP contribution in [0.2, 0.25) is 0 Å². The molecule has 0 bridgehead atoms. The van der Waals surface area contributed by atoms with Crippen molar-refractivity contribution in [1.82, 2.24) is 14.7 Å². The molecule has 3 rings (SSSR count). The molecule has 2 aromatic carbocycles. The monoisotopic (exact) mass is 489 g/mol. The van der Waals surface area contributed by atoms with Gasteiger partial charge in [0, 0.05) is 23.7 Å². The number of anilines is 2. The molecular formula is C29H39N5O2. The minimum atomic E-state index is -0.284. The normalized spacial score (nSPS) is 11.3. The molecule has 7 nitrogen and oxygen atoms in total. The van der Waals surface area contributed by atoms with Crippen molar-refractivity contribution in [1.29, 1.82) is 0 Å². The second-order valence-electron chi connectivity index (χ2n) is 10.4. The highest BCUT2D eigenvalue weighted by Crippen LogP contribution is 2.27. The van der Waals surface area contributed by atoms with Crippen LogP contribution in [0.5, 0.6) is 0 Å². The summed E-state index contributed by atoms with van der Waals surface area (Å²) in [6.07, 6.45) is 1.73. The van der Waals surface area contributed by atoms with Gasteiger partial charge in [-0.25, -0.2) is 9.48 Å². The van der Waals surface area contributed by atoms with Crippen molar-refractivity contribution in [3.05, 3.63) is 70.9 Å². The lowest BCUT2D eigenvalue weighted by atomic mass is 9.92. The first kappa shape index (κ1) is 27.0. The lowest BCUT2D eigenvalue weighted by Gasteiger charge is -2.23. The number of nitrogens with zero attached hydrogens (tertiary/aromatic N) is 3. The molecular weight excluding hydrogens is 450 g/mol. The van der Waals surface area contributed by atoms with Crippen molar-refractivity contribution < 1.29 is 9.59 Å². The van der Waals surface area contributed by atoms with Gasteiger partial charge >= 0.3 is 6.03 Å². The van der Waals surface area contributed by atoms with Gasteiger partial charge in [-0.2, -0.15) is 5.10 Å². The standard InChI is InChI=1S/C29H39N5O2/c1-8-9-16-33(28(36)30-23-15-14-20(2)17-22(23)4)19-27(35)31-26-18-25(29(5,6)7)32-34(26)24-13-11-10-12-21(24)3/h10-15,17-18H,8-9,16,19H2,1-7H3,(H,30,36)(H,31,35). The van der Waals surface area contributed by atoms with E-state index >= 15 is 0 Å². The zero-order valence-electron chi connectivity index (χ0n) is 22.6. The number of carbonyl (C=O) groups excluding carboxylic acids is 2. The number of amides is 3. The van der Waals surface area contributed by atoms with E-state index in [1.54, 1.807) is 9.58 Å². The maximum absolute atomic E-state index is 13.2. The van der Waals surface area contributed by atoms with Crippen molar-refractivity contribution in [3.63, 3.8) is 0 Å². The first-order chi connectivity index (χ1) is 17.0. The molecule has 0 atom stereocenters. The van der Waals surface area contributed by atoms with Crippen LogP contribution in [0, 0.1) is 20.8 Å². The third-order valence-electron chi connectivity index (χ3n) is 6.12. The Labute approximate surface area is 214 Å². The van der Waals surface area contributed by atoms with E-state index < -0.39 is 0 Å². The highest BCUT2D eigenvalue weighted by Gasteiger charge is 2.23. The summed E-state index contributed by atoms with van der Waals surface area (Å²) in [6, 6.07) is 15.4. The fraction of sp³-hybridized carbons (Fsp3) is 0.414. The number of unbranched alkanes of at least 4 members (excludes halogenated alkanes) is 1. The molecule has 0 spiro atoms. The number of rotatable bonds is 8. The Morgan fingerprint density at radius 2 is 1.69 bits per heavy atom. The second-order valence-corrected chi connectivity index (χ2v) is 10.4. The van der Waals surface area contributed by atoms with Crippen LogP contribution < -0.4 is 10.6 Å². The summed E-state index contributed by atoms with van der Waals surface area (Å²) in [5, 5.41) is 10.8. The summed E-state index contributed by atoms with van der Waals surface area (Å²) in [5.74, 6) is 0.321. The molecule has 0 aliphatic carbocycles. The van der Waals surface area contributed by atoms with Crippen molar-refractivity contribution in [3.8, 4) is 5.69 Å². The largest absolute Gasteiger partial charge is 0.322 e. The molecule has 192 valence electrons. The van der Waals surface area contributed by atoms with E-state index in [1.807, 2.05) is 69.3 Å². The fourth-order valence-corrected chi connectivity index (χ4v) is 3.93. The number of benzene rings is 2. The third-order valence-corrected chi connectivity index (χ3v) is 6.12. The van der Waals surface area contributed by atoms with Gasteiger partial charge in [-0.05, 0) is 50.5 Å². The number of nitrogens with one attached hydrogen (secondary N) is 2. The molecule has 0 aliphatic heterocycles. The maximum atomic E-state index is 13.2. The molecule has 0 aliphatic rings. The fourth-order valence-electron chi connectivity index (χ4n) is 3.93. The smallest absolute Gasteiger partial charge is 0.315 e. The Morgan fingerprint density at radius 1 is 0.972 bits per heavy atom. The van der Waals surface area contributed by atoms with E-state index in [2.05, 4.69) is 38.3 Å². The highest BCUT2D eigenvalue weighted by molar-refractivity contribution is 5.97. The number of aromatic nitrogens is 2. The summed E-state index contributed by atoms with van der Waals surface area (Å²) in [4.78, 5) is 27.9. The van der Waals surface area contributed by atoms with Crippen molar-refractivity contribution in [2.24, 2.45) is 0 Å². The predicted octanol–water partition coefficient (Wildman–Crippen LogP) is 6.37. The first-order valence-corrected chi connectivity index (χ1v) is 12.6. The molecule has 1 aromatic heterocycles. The molecule has 0 unspecified atom stereocenters. The van der Waals surface area contributed by atoms with Gasteiger partial charge in [0.05, 0.1) is 11.4 Å². The molecule has 0 fully saturated rings. The van der Waals surface area contributed by atoms with Crippen LogP contribution in [-0.2, 0) is 10.2 Å². The number of hydrogen-bond acceptors (Lipinski definition) is 3. The van der Waals surface area contributed by atoms with Gasteiger partial charge in [-0.15, -0.1) is 0 Å². The number of carbonyl (C=O) groups is 2. The molecule has 0 radical (unpaired) electrons. The van der Waals surface area contributed by atoms with Gasteiger partial charge in [0.2, 0.25) is 5.91 Å². The van der Waals surface area contributed by atoms with Gasteiger partial charge in [-0.3, -0.25) is 4.79 Å². The SMILES string of the molecule is CCCCN(CC(=O)Nc1cc(C(C)(C)C)nn1-c1ccccc1C)C(=O)Nc1ccc(C)cc1C. The molecule has 3 amide bonds. The van der Waals surface area contributed by atoms with E-state index in [0.29, 0.717) is 12.4 Å². The van der Waals surface area contributed by atoms with E-state index in [1.165, 1.54) is 0 Å². The number of hydrogen-bond donors (Lipinski definition) is 2. The van der Waals surface area contributed by atoms with E-state index in [-0.39, 0.29) is 23.9 Å².